The van der Waals surface area contributed by atoms with E-state index in [1.165, 1.54) is 12.3 Å². The van der Waals surface area contributed by atoms with Crippen molar-refractivity contribution in [3.8, 4) is 6.07 Å². The molecule has 0 N–H and O–H groups in total. The van der Waals surface area contributed by atoms with Crippen LogP contribution in [0.5, 0.6) is 0 Å². The standard InChI is InChI=1S/C21H19F2N5O/c1-12-16(13(2)28-21(26-12)15(10-24)11-25-28)5-6-20(29)27-7-3-4-14-8-17(22)18(23)9-19(14)27/h8-9,11H,3-7H2,1-2H3. The van der Waals surface area contributed by atoms with Crippen LogP contribution in [0.15, 0.2) is 18.3 Å². The van der Waals surface area contributed by atoms with Gasteiger partial charge in [0.05, 0.1) is 6.20 Å². The smallest absolute Gasteiger partial charge is 0.227 e. The monoisotopic (exact) mass is 395 g/mol. The van der Waals surface area contributed by atoms with E-state index in [4.69, 9.17) is 5.26 Å². The summed E-state index contributed by atoms with van der Waals surface area (Å²) in [6.45, 7) is 4.20. The molecule has 6 nitrogen and oxygen atoms in total. The highest BCUT2D eigenvalue weighted by Crippen LogP contribution is 2.30. The lowest BCUT2D eigenvalue weighted by Gasteiger charge is -2.30. The van der Waals surface area contributed by atoms with Gasteiger partial charge in [-0.15, -0.1) is 0 Å². The summed E-state index contributed by atoms with van der Waals surface area (Å²) in [6, 6.07) is 4.36. The van der Waals surface area contributed by atoms with Gasteiger partial charge in [-0.05, 0) is 50.3 Å². The van der Waals surface area contributed by atoms with Crippen molar-refractivity contribution in [3.63, 3.8) is 0 Å². The van der Waals surface area contributed by atoms with Gasteiger partial charge in [-0.1, -0.05) is 0 Å². The van der Waals surface area contributed by atoms with Crippen LogP contribution in [0.2, 0.25) is 0 Å². The normalized spacial score (nSPS) is 13.4. The molecule has 0 unspecified atom stereocenters. The van der Waals surface area contributed by atoms with Gasteiger partial charge in [0.15, 0.2) is 17.3 Å². The van der Waals surface area contributed by atoms with E-state index >= 15 is 0 Å². The Labute approximate surface area is 166 Å². The molecular weight excluding hydrogens is 376 g/mol. The molecule has 0 atom stereocenters. The Hall–Kier alpha value is -3.34. The lowest BCUT2D eigenvalue weighted by atomic mass is 10.00. The van der Waals surface area contributed by atoms with Crippen LogP contribution >= 0.6 is 0 Å². The predicted octanol–water partition coefficient (Wildman–Crippen LogP) is 3.41. The Morgan fingerprint density at radius 1 is 1.28 bits per heavy atom. The second-order valence-corrected chi connectivity index (χ2v) is 7.21. The number of nitrogens with zero attached hydrogens (tertiary/aromatic N) is 5. The van der Waals surface area contributed by atoms with Gasteiger partial charge in [-0.25, -0.2) is 18.3 Å². The van der Waals surface area contributed by atoms with Crippen molar-refractivity contribution >= 4 is 17.2 Å². The van der Waals surface area contributed by atoms with Crippen LogP contribution in [0.1, 0.15) is 40.9 Å². The molecule has 4 rings (SSSR count). The van der Waals surface area contributed by atoms with Crippen molar-refractivity contribution in [2.75, 3.05) is 11.4 Å². The molecule has 0 saturated carbocycles. The highest BCUT2D eigenvalue weighted by Gasteiger charge is 2.25. The van der Waals surface area contributed by atoms with E-state index in [0.29, 0.717) is 48.3 Å². The number of fused-ring (bicyclic) bond motifs is 2. The van der Waals surface area contributed by atoms with Gasteiger partial charge in [-0.3, -0.25) is 4.79 Å². The van der Waals surface area contributed by atoms with E-state index in [1.54, 1.807) is 9.42 Å². The first kappa shape index (κ1) is 19.0. The zero-order valence-corrected chi connectivity index (χ0v) is 16.2. The summed E-state index contributed by atoms with van der Waals surface area (Å²) in [4.78, 5) is 18.9. The van der Waals surface area contributed by atoms with Crippen LogP contribution in [-0.2, 0) is 17.6 Å². The molecule has 0 saturated heterocycles. The van der Waals surface area contributed by atoms with Gasteiger partial charge in [0.1, 0.15) is 11.6 Å². The number of benzene rings is 1. The third-order valence-electron chi connectivity index (χ3n) is 5.46. The fourth-order valence-electron chi connectivity index (χ4n) is 3.95. The van der Waals surface area contributed by atoms with Gasteiger partial charge >= 0.3 is 0 Å². The highest BCUT2D eigenvalue weighted by molar-refractivity contribution is 5.94. The van der Waals surface area contributed by atoms with Crippen molar-refractivity contribution in [1.82, 2.24) is 14.6 Å². The maximum atomic E-state index is 13.7. The molecule has 3 aromatic rings. The first-order valence-corrected chi connectivity index (χ1v) is 9.43. The van der Waals surface area contributed by atoms with Crippen LogP contribution in [0, 0.1) is 36.8 Å². The summed E-state index contributed by atoms with van der Waals surface area (Å²) in [5, 5.41) is 13.4. The van der Waals surface area contributed by atoms with Crippen molar-refractivity contribution in [3.05, 3.63) is 58.0 Å². The zero-order chi connectivity index (χ0) is 20.7. The fraction of sp³-hybridized carbons (Fsp3) is 0.333. The number of nitriles is 1. The summed E-state index contributed by atoms with van der Waals surface area (Å²) in [5.74, 6) is -1.98. The number of aryl methyl sites for hydroxylation is 3. The number of amides is 1. The Morgan fingerprint density at radius 3 is 2.79 bits per heavy atom. The molecule has 148 valence electrons. The SMILES string of the molecule is Cc1nc2c(C#N)cnn2c(C)c1CCC(=O)N1CCCc2cc(F)c(F)cc21. The Morgan fingerprint density at radius 2 is 2.03 bits per heavy atom. The molecule has 0 fully saturated rings. The third kappa shape index (κ3) is 3.23. The van der Waals surface area contributed by atoms with E-state index in [2.05, 4.69) is 16.2 Å². The van der Waals surface area contributed by atoms with Gasteiger partial charge in [0, 0.05) is 36.1 Å². The Balaban J connectivity index is 1.59. The van der Waals surface area contributed by atoms with Gasteiger partial charge in [0.25, 0.3) is 0 Å². The number of hydrogen-bond donors (Lipinski definition) is 0. The van der Waals surface area contributed by atoms with Crippen LogP contribution in [0.25, 0.3) is 5.65 Å². The number of anilines is 1. The quantitative estimate of drug-likeness (QED) is 0.681. The maximum absolute atomic E-state index is 13.7. The minimum Gasteiger partial charge on any atom is -0.312 e. The summed E-state index contributed by atoms with van der Waals surface area (Å²) < 4.78 is 28.9. The van der Waals surface area contributed by atoms with Crippen LogP contribution in [0.4, 0.5) is 14.5 Å². The predicted molar refractivity (Wildman–Crippen MR) is 103 cm³/mol. The molecule has 0 bridgehead atoms. The first-order valence-electron chi connectivity index (χ1n) is 9.43. The molecule has 0 aliphatic carbocycles. The van der Waals surface area contributed by atoms with Crippen molar-refractivity contribution in [2.45, 2.75) is 39.5 Å². The zero-order valence-electron chi connectivity index (χ0n) is 16.2. The van der Waals surface area contributed by atoms with E-state index in [-0.39, 0.29) is 12.3 Å². The molecule has 0 radical (unpaired) electrons. The van der Waals surface area contributed by atoms with E-state index < -0.39 is 11.6 Å². The largest absolute Gasteiger partial charge is 0.312 e. The van der Waals surface area contributed by atoms with Crippen molar-refractivity contribution < 1.29 is 13.6 Å². The molecule has 0 spiro atoms. The van der Waals surface area contributed by atoms with Crippen molar-refractivity contribution in [2.24, 2.45) is 0 Å². The number of carbonyl (C=O) groups is 1. The number of rotatable bonds is 3. The maximum Gasteiger partial charge on any atom is 0.227 e. The summed E-state index contributed by atoms with van der Waals surface area (Å²) in [6.07, 6.45) is 3.45. The molecule has 8 heteroatoms. The second kappa shape index (κ2) is 7.24. The summed E-state index contributed by atoms with van der Waals surface area (Å²) in [7, 11) is 0. The van der Waals surface area contributed by atoms with E-state index in [9.17, 15) is 13.6 Å². The number of aromatic nitrogens is 3. The fourth-order valence-corrected chi connectivity index (χ4v) is 3.95. The first-order chi connectivity index (χ1) is 13.9. The van der Waals surface area contributed by atoms with E-state index in [1.807, 2.05) is 13.8 Å². The van der Waals surface area contributed by atoms with Gasteiger partial charge in [-0.2, -0.15) is 10.4 Å². The molecule has 1 aliphatic heterocycles. The topological polar surface area (TPSA) is 74.3 Å². The minimum absolute atomic E-state index is 0.144. The van der Waals surface area contributed by atoms with E-state index in [0.717, 1.165) is 23.0 Å². The summed E-state index contributed by atoms with van der Waals surface area (Å²) in [5.41, 5.74) is 4.47. The molecule has 2 aromatic heterocycles. The minimum atomic E-state index is -0.947. The van der Waals surface area contributed by atoms with Crippen LogP contribution < -0.4 is 4.90 Å². The van der Waals surface area contributed by atoms with Crippen LogP contribution in [-0.4, -0.2) is 27.0 Å². The molecule has 3 heterocycles. The molecule has 29 heavy (non-hydrogen) atoms. The molecule has 1 aliphatic rings. The lowest BCUT2D eigenvalue weighted by Crippen LogP contribution is -2.36. The number of carbonyl (C=O) groups excluding carboxylic acids is 1. The van der Waals surface area contributed by atoms with Gasteiger partial charge in [0.2, 0.25) is 5.91 Å². The van der Waals surface area contributed by atoms with Gasteiger partial charge < -0.3 is 4.90 Å². The molecule has 1 amide bonds. The van der Waals surface area contributed by atoms with Crippen molar-refractivity contribution in [1.29, 1.82) is 5.26 Å². The Bertz CT molecular complexity index is 1180. The van der Waals surface area contributed by atoms with Crippen LogP contribution in [0.3, 0.4) is 0 Å². The lowest BCUT2D eigenvalue weighted by molar-refractivity contribution is -0.118. The average molecular weight is 395 g/mol. The highest BCUT2D eigenvalue weighted by atomic mass is 19.2. The number of hydrogen-bond acceptors (Lipinski definition) is 4. The molecular formula is C21H19F2N5O. The second-order valence-electron chi connectivity index (χ2n) is 7.21. The third-order valence-corrected chi connectivity index (χ3v) is 5.46. The average Bonchev–Trinajstić information content (AvgIpc) is 3.11. The summed E-state index contributed by atoms with van der Waals surface area (Å²) >= 11 is 0. The number of halogens is 2. The Kier molecular flexibility index (Phi) is 4.74. The molecule has 1 aromatic carbocycles.